The molecule has 1 aliphatic heterocycles. The van der Waals surface area contributed by atoms with Crippen LogP contribution in [0.15, 0.2) is 53.7 Å². The number of halogens is 1. The first kappa shape index (κ1) is 18.1. The molecule has 1 fully saturated rings. The van der Waals surface area contributed by atoms with Crippen molar-refractivity contribution >= 4 is 22.9 Å². The zero-order valence-corrected chi connectivity index (χ0v) is 17.1. The molecule has 0 saturated carbocycles. The summed E-state index contributed by atoms with van der Waals surface area (Å²) in [6.45, 7) is 10.00. The minimum atomic E-state index is 0.592. The Kier molecular flexibility index (Phi) is 4.72. The first-order valence-corrected chi connectivity index (χ1v) is 10.1. The minimum absolute atomic E-state index is 0.592. The third-order valence-electron chi connectivity index (χ3n) is 5.74. The number of likely N-dealkylation sites (tertiary alicyclic amines) is 1. The third-order valence-corrected chi connectivity index (χ3v) is 6.09. The molecule has 1 atom stereocenters. The van der Waals surface area contributed by atoms with Gasteiger partial charge in [0, 0.05) is 24.0 Å². The van der Waals surface area contributed by atoms with E-state index in [-0.39, 0.29) is 0 Å². The van der Waals surface area contributed by atoms with E-state index in [1.54, 1.807) is 6.20 Å². The van der Waals surface area contributed by atoms with Gasteiger partial charge in [0.25, 0.3) is 0 Å². The number of nitrogens with one attached hydrogen (secondary N) is 1. The van der Waals surface area contributed by atoms with Gasteiger partial charge in [-0.2, -0.15) is 0 Å². The minimum Gasteiger partial charge on any atom is -0.369 e. The molecule has 1 unspecified atom stereocenters. The molecule has 2 aliphatic rings. The molecule has 0 amide bonds. The van der Waals surface area contributed by atoms with Crippen molar-refractivity contribution in [3.63, 3.8) is 0 Å². The first-order chi connectivity index (χ1) is 13.0. The van der Waals surface area contributed by atoms with Crippen LogP contribution in [0.5, 0.6) is 0 Å². The van der Waals surface area contributed by atoms with Crippen LogP contribution in [-0.2, 0) is 7.05 Å². The smallest absolute Gasteiger partial charge is 0.300 e. The van der Waals surface area contributed by atoms with Crippen LogP contribution < -0.4 is 10.00 Å². The highest BCUT2D eigenvalue weighted by Gasteiger charge is 2.28. The zero-order chi connectivity index (χ0) is 19.1. The molecule has 1 N–H and O–H groups in total. The van der Waals surface area contributed by atoms with Crippen LogP contribution in [0.3, 0.4) is 0 Å². The van der Waals surface area contributed by atoms with Gasteiger partial charge in [0.1, 0.15) is 0 Å². The van der Waals surface area contributed by atoms with Crippen LogP contribution in [0.25, 0.3) is 5.65 Å². The Hall–Kier alpha value is -2.27. The molecule has 2 aromatic rings. The van der Waals surface area contributed by atoms with Gasteiger partial charge in [-0.1, -0.05) is 24.3 Å². The van der Waals surface area contributed by atoms with Gasteiger partial charge in [0.15, 0.2) is 7.05 Å². The van der Waals surface area contributed by atoms with E-state index in [1.165, 1.54) is 24.1 Å². The molecule has 1 saturated heterocycles. The van der Waals surface area contributed by atoms with Crippen molar-refractivity contribution in [3.8, 4) is 0 Å². The molecule has 0 aromatic carbocycles. The number of anilines is 1. The van der Waals surface area contributed by atoms with Gasteiger partial charge in [-0.15, -0.1) is 4.52 Å². The summed E-state index contributed by atoms with van der Waals surface area (Å²) in [6.07, 6.45) is 10.4. The Labute approximate surface area is 165 Å². The molecule has 4 rings (SSSR count). The van der Waals surface area contributed by atoms with E-state index in [0.29, 0.717) is 11.2 Å². The van der Waals surface area contributed by atoms with E-state index in [9.17, 15) is 0 Å². The maximum atomic E-state index is 6.44. The number of hydrogen-bond acceptors (Lipinski definition) is 3. The predicted octanol–water partition coefficient (Wildman–Crippen LogP) is 4.22. The molecule has 0 spiro atoms. The van der Waals surface area contributed by atoms with Crippen molar-refractivity contribution in [3.05, 3.63) is 58.8 Å². The fraction of sp³-hybridized carbons (Fsp3) is 0.429. The summed E-state index contributed by atoms with van der Waals surface area (Å²) in [5.41, 5.74) is 6.67. The average Bonchev–Trinajstić information content (AvgIpc) is 3.30. The van der Waals surface area contributed by atoms with E-state index in [1.807, 2.05) is 28.5 Å². The highest BCUT2D eigenvalue weighted by atomic mass is 35.5. The van der Waals surface area contributed by atoms with Crippen LogP contribution in [-0.4, -0.2) is 27.0 Å². The van der Waals surface area contributed by atoms with E-state index in [0.717, 1.165) is 42.0 Å². The monoisotopic (exact) mass is 384 g/mol. The predicted molar refractivity (Wildman–Crippen MR) is 110 cm³/mol. The summed E-state index contributed by atoms with van der Waals surface area (Å²) in [4.78, 5) is 7.07. The van der Waals surface area contributed by atoms with E-state index in [2.05, 4.69) is 41.7 Å². The number of fused-ring (bicyclic) bond motifs is 1. The van der Waals surface area contributed by atoms with Gasteiger partial charge >= 0.3 is 5.15 Å². The van der Waals surface area contributed by atoms with Crippen LogP contribution in [0.1, 0.15) is 39.5 Å². The molecule has 5 nitrogen and oxygen atoms in total. The molecular weight excluding hydrogens is 358 g/mol. The lowest BCUT2D eigenvalue weighted by Gasteiger charge is -2.33. The number of imidazole rings is 1. The van der Waals surface area contributed by atoms with Crippen LogP contribution in [0.4, 0.5) is 5.69 Å². The second kappa shape index (κ2) is 7.04. The maximum absolute atomic E-state index is 6.44. The lowest BCUT2D eigenvalue weighted by atomic mass is 9.93. The SMILES string of the molecule is C=C1CC=C(N2CCCC2C)C(CC)=C1Nc1cc(Cl)[n+](C)n2ccnc12. The second-order valence-electron chi connectivity index (χ2n) is 7.41. The molecular formula is C21H27ClN5+. The van der Waals surface area contributed by atoms with Gasteiger partial charge in [-0.05, 0) is 55.4 Å². The first-order valence-electron chi connectivity index (χ1n) is 9.68. The van der Waals surface area contributed by atoms with E-state index < -0.39 is 0 Å². The summed E-state index contributed by atoms with van der Waals surface area (Å²) < 4.78 is 3.82. The van der Waals surface area contributed by atoms with E-state index in [4.69, 9.17) is 11.6 Å². The Morgan fingerprint density at radius 1 is 1.44 bits per heavy atom. The van der Waals surface area contributed by atoms with Crippen LogP contribution in [0, 0.1) is 0 Å². The quantitative estimate of drug-likeness (QED) is 0.802. The van der Waals surface area contributed by atoms with Crippen LogP contribution >= 0.6 is 11.6 Å². The number of hydrogen-bond donors (Lipinski definition) is 1. The number of allylic oxidation sites excluding steroid dienone is 3. The molecule has 27 heavy (non-hydrogen) atoms. The fourth-order valence-electron chi connectivity index (χ4n) is 4.23. The molecule has 2 aromatic heterocycles. The normalized spacial score (nSPS) is 20.6. The molecule has 0 radical (unpaired) electrons. The molecule has 0 bridgehead atoms. The fourth-order valence-corrected chi connectivity index (χ4v) is 4.42. The van der Waals surface area contributed by atoms with Gasteiger partial charge in [-0.3, -0.25) is 0 Å². The Bertz CT molecular complexity index is 968. The molecule has 3 heterocycles. The van der Waals surface area contributed by atoms with Crippen molar-refractivity contribution in [2.24, 2.45) is 7.05 Å². The second-order valence-corrected chi connectivity index (χ2v) is 7.80. The number of aromatic nitrogens is 3. The average molecular weight is 385 g/mol. The lowest BCUT2D eigenvalue weighted by molar-refractivity contribution is -0.738. The van der Waals surface area contributed by atoms with Gasteiger partial charge in [0.05, 0.1) is 24.1 Å². The summed E-state index contributed by atoms with van der Waals surface area (Å²) in [5, 5.41) is 4.27. The third kappa shape index (κ3) is 3.04. The molecule has 6 heteroatoms. The molecule has 142 valence electrons. The number of nitrogens with zero attached hydrogens (tertiary/aromatic N) is 4. The highest BCUT2D eigenvalue weighted by molar-refractivity contribution is 6.28. The van der Waals surface area contributed by atoms with Gasteiger partial charge in [0.2, 0.25) is 5.65 Å². The van der Waals surface area contributed by atoms with Crippen molar-refractivity contribution < 1.29 is 4.68 Å². The van der Waals surface area contributed by atoms with Crippen LogP contribution in [0.2, 0.25) is 5.15 Å². The summed E-state index contributed by atoms with van der Waals surface area (Å²) in [6, 6.07) is 2.53. The van der Waals surface area contributed by atoms with E-state index >= 15 is 0 Å². The zero-order valence-electron chi connectivity index (χ0n) is 16.3. The molecule has 1 aliphatic carbocycles. The lowest BCUT2D eigenvalue weighted by Crippen LogP contribution is -2.38. The largest absolute Gasteiger partial charge is 0.369 e. The number of aryl methyl sites for hydroxylation is 1. The standard InChI is InChI=1S/C21H26ClN5/c1-5-16-18(26-11-6-7-15(26)3)9-8-14(2)20(16)24-17-13-19(22)25(4)27-12-10-23-21(17)27/h9-10,12-13,15H,2,5-8,11H2,1,3-4H3/p+1. The Balaban J connectivity index is 1.78. The van der Waals surface area contributed by atoms with Crippen molar-refractivity contribution in [1.82, 2.24) is 14.4 Å². The topological polar surface area (TPSA) is 36.5 Å². The maximum Gasteiger partial charge on any atom is 0.300 e. The Morgan fingerprint density at radius 2 is 2.26 bits per heavy atom. The Morgan fingerprint density at radius 3 is 2.96 bits per heavy atom. The summed E-state index contributed by atoms with van der Waals surface area (Å²) >= 11 is 6.44. The van der Waals surface area contributed by atoms with Crippen molar-refractivity contribution in [1.29, 1.82) is 0 Å². The summed E-state index contributed by atoms with van der Waals surface area (Å²) in [7, 11) is 1.92. The van der Waals surface area contributed by atoms with Gasteiger partial charge < -0.3 is 10.2 Å². The number of rotatable bonds is 4. The highest BCUT2D eigenvalue weighted by Crippen LogP contribution is 2.37. The summed E-state index contributed by atoms with van der Waals surface area (Å²) in [5.74, 6) is 0. The van der Waals surface area contributed by atoms with Crippen molar-refractivity contribution in [2.75, 3.05) is 11.9 Å². The van der Waals surface area contributed by atoms with Gasteiger partial charge in [-0.25, -0.2) is 4.98 Å². The van der Waals surface area contributed by atoms with Crippen molar-refractivity contribution in [2.45, 2.75) is 45.6 Å².